The molecule has 0 spiro atoms. The van der Waals surface area contributed by atoms with Gasteiger partial charge in [0, 0.05) is 44.7 Å². The van der Waals surface area contributed by atoms with Gasteiger partial charge in [0.25, 0.3) is 5.91 Å². The summed E-state index contributed by atoms with van der Waals surface area (Å²) in [4.78, 5) is 42.8. The van der Waals surface area contributed by atoms with Gasteiger partial charge in [0.05, 0.1) is 11.2 Å². The van der Waals surface area contributed by atoms with Crippen molar-refractivity contribution in [2.24, 2.45) is 11.8 Å². The Morgan fingerprint density at radius 1 is 1.23 bits per heavy atom. The number of furan rings is 1. The van der Waals surface area contributed by atoms with Gasteiger partial charge in [0.15, 0.2) is 5.76 Å². The number of hydrogen-bond acceptors (Lipinski definition) is 6. The molecule has 31 heavy (non-hydrogen) atoms. The molecule has 2 fully saturated rings. The van der Waals surface area contributed by atoms with Gasteiger partial charge in [-0.3, -0.25) is 19.7 Å². The Labute approximate surface area is 181 Å². The fourth-order valence-corrected chi connectivity index (χ4v) is 5.25. The van der Waals surface area contributed by atoms with Crippen molar-refractivity contribution in [1.29, 1.82) is 0 Å². The third-order valence-electron chi connectivity index (χ3n) is 6.57. The van der Waals surface area contributed by atoms with Crippen molar-refractivity contribution in [3.63, 3.8) is 0 Å². The van der Waals surface area contributed by atoms with Crippen molar-refractivity contribution in [1.82, 2.24) is 14.7 Å². The minimum Gasteiger partial charge on any atom is -0.459 e. The van der Waals surface area contributed by atoms with E-state index in [1.807, 2.05) is 18.7 Å². The SMILES string of the molecule is CC(C)CN1C(=O)C([N+](=O)[O-])=C(N2CCN(C(=O)c3ccco3)CC2)C2CCCCC21. The number of nitro groups is 1. The fourth-order valence-electron chi connectivity index (χ4n) is 5.25. The molecule has 3 heterocycles. The molecule has 1 aromatic heterocycles. The van der Waals surface area contributed by atoms with Gasteiger partial charge in [-0.05, 0) is 30.9 Å². The molecule has 3 aliphatic rings. The Balaban J connectivity index is 1.60. The van der Waals surface area contributed by atoms with Gasteiger partial charge in [0.2, 0.25) is 0 Å². The molecule has 0 N–H and O–H groups in total. The van der Waals surface area contributed by atoms with E-state index in [-0.39, 0.29) is 29.5 Å². The quantitative estimate of drug-likeness (QED) is 0.526. The molecule has 2 aliphatic heterocycles. The largest absolute Gasteiger partial charge is 0.459 e. The van der Waals surface area contributed by atoms with Crippen molar-refractivity contribution < 1.29 is 18.9 Å². The highest BCUT2D eigenvalue weighted by molar-refractivity contribution is 5.93. The zero-order valence-corrected chi connectivity index (χ0v) is 18.2. The van der Waals surface area contributed by atoms with Crippen LogP contribution >= 0.6 is 0 Å². The van der Waals surface area contributed by atoms with E-state index in [0.717, 1.165) is 25.7 Å². The summed E-state index contributed by atoms with van der Waals surface area (Å²) in [6.45, 7) is 6.43. The van der Waals surface area contributed by atoms with Crippen LogP contribution < -0.4 is 0 Å². The first-order valence-corrected chi connectivity index (χ1v) is 11.2. The topological polar surface area (TPSA) is 100 Å². The van der Waals surface area contributed by atoms with Gasteiger partial charge < -0.3 is 19.1 Å². The summed E-state index contributed by atoms with van der Waals surface area (Å²) in [6, 6.07) is 3.33. The van der Waals surface area contributed by atoms with Crippen LogP contribution in [0.3, 0.4) is 0 Å². The molecular formula is C22H30N4O5. The molecule has 2 atom stereocenters. The summed E-state index contributed by atoms with van der Waals surface area (Å²) >= 11 is 0. The van der Waals surface area contributed by atoms with E-state index in [2.05, 4.69) is 0 Å². The predicted molar refractivity (Wildman–Crippen MR) is 113 cm³/mol. The van der Waals surface area contributed by atoms with Crippen LogP contribution in [0.15, 0.2) is 34.2 Å². The highest BCUT2D eigenvalue weighted by atomic mass is 16.6. The van der Waals surface area contributed by atoms with E-state index in [0.29, 0.717) is 44.2 Å². The Bertz CT molecular complexity index is 870. The normalized spacial score (nSPS) is 24.6. The Hall–Kier alpha value is -2.84. The van der Waals surface area contributed by atoms with E-state index >= 15 is 0 Å². The van der Waals surface area contributed by atoms with Gasteiger partial charge >= 0.3 is 11.6 Å². The summed E-state index contributed by atoms with van der Waals surface area (Å²) in [7, 11) is 0. The van der Waals surface area contributed by atoms with Crippen LogP contribution in [0.25, 0.3) is 0 Å². The first-order valence-electron chi connectivity index (χ1n) is 11.2. The van der Waals surface area contributed by atoms with E-state index in [1.165, 1.54) is 6.26 Å². The lowest BCUT2D eigenvalue weighted by Crippen LogP contribution is -2.57. The Morgan fingerprint density at radius 3 is 2.55 bits per heavy atom. The smallest absolute Gasteiger partial charge is 0.352 e. The molecule has 1 aromatic rings. The molecule has 9 heteroatoms. The second kappa shape index (κ2) is 8.72. The van der Waals surface area contributed by atoms with Crippen molar-refractivity contribution in [3.05, 3.63) is 45.7 Å². The van der Waals surface area contributed by atoms with Gasteiger partial charge in [-0.1, -0.05) is 26.7 Å². The van der Waals surface area contributed by atoms with Crippen LogP contribution in [-0.2, 0) is 4.79 Å². The van der Waals surface area contributed by atoms with Gasteiger partial charge in [-0.15, -0.1) is 0 Å². The van der Waals surface area contributed by atoms with Gasteiger partial charge in [-0.25, -0.2) is 0 Å². The Kier molecular flexibility index (Phi) is 6.02. The summed E-state index contributed by atoms with van der Waals surface area (Å²) in [5, 5.41) is 12.0. The molecular weight excluding hydrogens is 400 g/mol. The highest BCUT2D eigenvalue weighted by Gasteiger charge is 2.50. The van der Waals surface area contributed by atoms with E-state index in [4.69, 9.17) is 4.42 Å². The van der Waals surface area contributed by atoms with Crippen LogP contribution in [0.4, 0.5) is 0 Å². The summed E-state index contributed by atoms with van der Waals surface area (Å²) in [5.41, 5.74) is 0.319. The van der Waals surface area contributed by atoms with E-state index in [1.54, 1.807) is 21.9 Å². The molecule has 9 nitrogen and oxygen atoms in total. The average Bonchev–Trinajstić information content (AvgIpc) is 3.29. The minimum atomic E-state index is -0.490. The monoisotopic (exact) mass is 430 g/mol. The van der Waals surface area contributed by atoms with Crippen LogP contribution in [0.2, 0.25) is 0 Å². The highest BCUT2D eigenvalue weighted by Crippen LogP contribution is 2.41. The second-order valence-electron chi connectivity index (χ2n) is 9.06. The Morgan fingerprint density at radius 2 is 1.94 bits per heavy atom. The number of rotatable bonds is 5. The van der Waals surface area contributed by atoms with Gasteiger partial charge in [-0.2, -0.15) is 0 Å². The van der Waals surface area contributed by atoms with E-state index in [9.17, 15) is 19.7 Å². The maximum atomic E-state index is 13.3. The first-order chi connectivity index (χ1) is 14.9. The lowest BCUT2D eigenvalue weighted by molar-refractivity contribution is -0.424. The number of fused-ring (bicyclic) bond motifs is 1. The lowest BCUT2D eigenvalue weighted by atomic mass is 9.77. The summed E-state index contributed by atoms with van der Waals surface area (Å²) < 4.78 is 5.21. The standard InChI is InChI=1S/C22H30N4O5/c1-15(2)14-25-17-7-4-3-6-16(17)19(20(22(25)28)26(29)30)23-9-11-24(12-10-23)21(27)18-8-5-13-31-18/h5,8,13,15-17H,3-4,6-7,9-12,14H2,1-2H3. The van der Waals surface area contributed by atoms with Crippen molar-refractivity contribution in [2.45, 2.75) is 45.6 Å². The molecule has 2 amide bonds. The molecule has 2 unspecified atom stereocenters. The molecule has 0 radical (unpaired) electrons. The van der Waals surface area contributed by atoms with Gasteiger partial charge in [0.1, 0.15) is 5.70 Å². The molecule has 1 saturated heterocycles. The fraction of sp³-hybridized carbons (Fsp3) is 0.636. The molecule has 0 aromatic carbocycles. The molecule has 1 aliphatic carbocycles. The van der Waals surface area contributed by atoms with Crippen LogP contribution in [0.1, 0.15) is 50.1 Å². The zero-order valence-electron chi connectivity index (χ0n) is 18.2. The zero-order chi connectivity index (χ0) is 22.1. The third kappa shape index (κ3) is 4.05. The predicted octanol–water partition coefficient (Wildman–Crippen LogP) is 2.58. The van der Waals surface area contributed by atoms with Crippen LogP contribution in [0, 0.1) is 22.0 Å². The molecule has 1 saturated carbocycles. The summed E-state index contributed by atoms with van der Waals surface area (Å²) in [6.07, 6.45) is 5.25. The van der Waals surface area contributed by atoms with Crippen LogP contribution in [-0.4, -0.2) is 70.2 Å². The molecule has 168 valence electrons. The number of carbonyl (C=O) groups is 2. The van der Waals surface area contributed by atoms with Crippen molar-refractivity contribution >= 4 is 11.8 Å². The van der Waals surface area contributed by atoms with Crippen LogP contribution in [0.5, 0.6) is 0 Å². The average molecular weight is 431 g/mol. The van der Waals surface area contributed by atoms with Crippen molar-refractivity contribution in [3.8, 4) is 0 Å². The maximum absolute atomic E-state index is 13.3. The lowest BCUT2D eigenvalue weighted by Gasteiger charge is -2.48. The molecule has 0 bridgehead atoms. The number of hydrogen-bond donors (Lipinski definition) is 0. The number of nitrogens with zero attached hydrogens (tertiary/aromatic N) is 4. The molecule has 4 rings (SSSR count). The van der Waals surface area contributed by atoms with Crippen molar-refractivity contribution in [2.75, 3.05) is 32.7 Å². The minimum absolute atomic E-state index is 0.0158. The summed E-state index contributed by atoms with van der Waals surface area (Å²) in [5.74, 6) is -0.101. The number of amides is 2. The first kappa shape index (κ1) is 21.4. The maximum Gasteiger partial charge on any atom is 0.352 e. The number of piperazine rings is 1. The third-order valence-corrected chi connectivity index (χ3v) is 6.57. The number of carbonyl (C=O) groups excluding carboxylic acids is 2. The van der Waals surface area contributed by atoms with E-state index < -0.39 is 10.8 Å². The second-order valence-corrected chi connectivity index (χ2v) is 9.06.